The monoisotopic (exact) mass is 237 g/mol. The van der Waals surface area contributed by atoms with Gasteiger partial charge in [-0.1, -0.05) is 54.6 Å². The highest BCUT2D eigenvalue weighted by Gasteiger charge is 2.28. The number of fused-ring (bicyclic) bond motifs is 1. The molecule has 18 heavy (non-hydrogen) atoms. The lowest BCUT2D eigenvalue weighted by atomic mass is 9.85. The Balaban J connectivity index is 2.00. The number of rotatable bonds is 1. The standard InChI is InChI=1S/C17H19N/c1-17(16-9-3-2-4-10-16)13-15-8-6-5-7-14(15)11-12-18-17/h2-10,18H,11-13H2,1H3/t17-/m1/s1. The van der Waals surface area contributed by atoms with E-state index in [0.717, 1.165) is 19.4 Å². The summed E-state index contributed by atoms with van der Waals surface area (Å²) in [6.45, 7) is 3.35. The van der Waals surface area contributed by atoms with E-state index >= 15 is 0 Å². The van der Waals surface area contributed by atoms with Gasteiger partial charge >= 0.3 is 0 Å². The van der Waals surface area contributed by atoms with Crippen LogP contribution in [0.15, 0.2) is 54.6 Å². The second-order valence-electron chi connectivity index (χ2n) is 5.32. The fourth-order valence-electron chi connectivity index (χ4n) is 2.90. The Kier molecular flexibility index (Phi) is 2.92. The first kappa shape index (κ1) is 11.5. The molecule has 1 N–H and O–H groups in total. The molecule has 0 bridgehead atoms. The van der Waals surface area contributed by atoms with Crippen LogP contribution in [0.25, 0.3) is 0 Å². The predicted molar refractivity (Wildman–Crippen MR) is 75.6 cm³/mol. The zero-order valence-corrected chi connectivity index (χ0v) is 10.8. The molecule has 2 aromatic rings. The molecule has 0 unspecified atom stereocenters. The maximum Gasteiger partial charge on any atom is 0.0447 e. The summed E-state index contributed by atoms with van der Waals surface area (Å²) < 4.78 is 0. The van der Waals surface area contributed by atoms with Crippen molar-refractivity contribution in [1.82, 2.24) is 5.32 Å². The summed E-state index contributed by atoms with van der Waals surface area (Å²) in [6, 6.07) is 19.6. The van der Waals surface area contributed by atoms with Crippen LogP contribution in [0.1, 0.15) is 23.6 Å². The van der Waals surface area contributed by atoms with Gasteiger partial charge in [-0.2, -0.15) is 0 Å². The fraction of sp³-hybridized carbons (Fsp3) is 0.294. The van der Waals surface area contributed by atoms with Gasteiger partial charge in [0.05, 0.1) is 0 Å². The summed E-state index contributed by atoms with van der Waals surface area (Å²) >= 11 is 0. The van der Waals surface area contributed by atoms with Crippen LogP contribution in [0.2, 0.25) is 0 Å². The molecule has 1 heterocycles. The molecule has 0 aromatic heterocycles. The highest BCUT2D eigenvalue weighted by Crippen LogP contribution is 2.29. The van der Waals surface area contributed by atoms with Crippen molar-refractivity contribution in [1.29, 1.82) is 0 Å². The topological polar surface area (TPSA) is 12.0 Å². The van der Waals surface area contributed by atoms with Crippen LogP contribution in [-0.4, -0.2) is 6.54 Å². The summed E-state index contributed by atoms with van der Waals surface area (Å²) in [5.41, 5.74) is 4.40. The van der Waals surface area contributed by atoms with Gasteiger partial charge in [-0.3, -0.25) is 0 Å². The summed E-state index contributed by atoms with van der Waals surface area (Å²) in [5.74, 6) is 0. The zero-order chi connectivity index (χ0) is 12.4. The van der Waals surface area contributed by atoms with Crippen LogP contribution in [0.5, 0.6) is 0 Å². The lowest BCUT2D eigenvalue weighted by Gasteiger charge is -2.30. The van der Waals surface area contributed by atoms with Crippen LogP contribution in [-0.2, 0) is 18.4 Å². The minimum Gasteiger partial charge on any atom is -0.307 e. The van der Waals surface area contributed by atoms with Gasteiger partial charge in [0.2, 0.25) is 0 Å². The normalized spacial score (nSPS) is 23.2. The Morgan fingerprint density at radius 2 is 1.56 bits per heavy atom. The van der Waals surface area contributed by atoms with Crippen LogP contribution in [0.3, 0.4) is 0 Å². The minimum atomic E-state index is 0.0495. The van der Waals surface area contributed by atoms with Crippen molar-refractivity contribution in [3.05, 3.63) is 71.3 Å². The quantitative estimate of drug-likeness (QED) is 0.802. The van der Waals surface area contributed by atoms with E-state index < -0.39 is 0 Å². The lowest BCUT2D eigenvalue weighted by Crippen LogP contribution is -2.41. The third kappa shape index (κ3) is 2.06. The molecule has 0 radical (unpaired) electrons. The average molecular weight is 237 g/mol. The second-order valence-corrected chi connectivity index (χ2v) is 5.32. The molecule has 92 valence electrons. The largest absolute Gasteiger partial charge is 0.307 e. The van der Waals surface area contributed by atoms with Crippen LogP contribution in [0.4, 0.5) is 0 Å². The van der Waals surface area contributed by atoms with Crippen LogP contribution < -0.4 is 5.32 Å². The SMILES string of the molecule is C[C@]1(c2ccccc2)Cc2ccccc2CCN1. The maximum absolute atomic E-state index is 3.72. The van der Waals surface area contributed by atoms with Crippen molar-refractivity contribution >= 4 is 0 Å². The van der Waals surface area contributed by atoms with E-state index in [1.807, 2.05) is 0 Å². The number of hydrogen-bond acceptors (Lipinski definition) is 1. The van der Waals surface area contributed by atoms with Gasteiger partial charge in [0.1, 0.15) is 0 Å². The molecule has 0 spiro atoms. The molecule has 0 amide bonds. The lowest BCUT2D eigenvalue weighted by molar-refractivity contribution is 0.377. The fourth-order valence-corrected chi connectivity index (χ4v) is 2.90. The third-order valence-electron chi connectivity index (χ3n) is 3.98. The molecule has 1 heteroatoms. The summed E-state index contributed by atoms with van der Waals surface area (Å²) in [7, 11) is 0. The first-order valence-electron chi connectivity index (χ1n) is 6.65. The number of hydrogen-bond donors (Lipinski definition) is 1. The molecule has 0 saturated carbocycles. The van der Waals surface area contributed by atoms with E-state index in [9.17, 15) is 0 Å². The van der Waals surface area contributed by atoms with Crippen molar-refractivity contribution in [3.63, 3.8) is 0 Å². The first-order chi connectivity index (χ1) is 8.78. The van der Waals surface area contributed by atoms with Gasteiger partial charge < -0.3 is 5.32 Å². The Morgan fingerprint density at radius 1 is 0.889 bits per heavy atom. The Morgan fingerprint density at radius 3 is 2.33 bits per heavy atom. The maximum atomic E-state index is 3.72. The zero-order valence-electron chi connectivity index (χ0n) is 10.8. The molecule has 0 saturated heterocycles. The molecule has 2 aromatic carbocycles. The molecule has 0 aliphatic carbocycles. The van der Waals surface area contributed by atoms with E-state index in [-0.39, 0.29) is 5.54 Å². The van der Waals surface area contributed by atoms with Gasteiger partial charge in [0.25, 0.3) is 0 Å². The van der Waals surface area contributed by atoms with Crippen molar-refractivity contribution < 1.29 is 0 Å². The van der Waals surface area contributed by atoms with E-state index in [1.54, 1.807) is 0 Å². The smallest absolute Gasteiger partial charge is 0.0447 e. The van der Waals surface area contributed by atoms with Crippen molar-refractivity contribution in [2.24, 2.45) is 0 Å². The van der Waals surface area contributed by atoms with Gasteiger partial charge in [-0.05, 0) is 36.5 Å². The van der Waals surface area contributed by atoms with Crippen LogP contribution >= 0.6 is 0 Å². The number of nitrogens with one attached hydrogen (secondary N) is 1. The first-order valence-corrected chi connectivity index (χ1v) is 6.65. The van der Waals surface area contributed by atoms with Gasteiger partial charge in [-0.25, -0.2) is 0 Å². The summed E-state index contributed by atoms with van der Waals surface area (Å²) in [5, 5.41) is 3.72. The summed E-state index contributed by atoms with van der Waals surface area (Å²) in [4.78, 5) is 0. The van der Waals surface area contributed by atoms with Crippen molar-refractivity contribution in [3.8, 4) is 0 Å². The molecule has 1 aliphatic rings. The van der Waals surface area contributed by atoms with Crippen molar-refractivity contribution in [2.75, 3.05) is 6.54 Å². The van der Waals surface area contributed by atoms with Crippen molar-refractivity contribution in [2.45, 2.75) is 25.3 Å². The summed E-state index contributed by atoms with van der Waals surface area (Å²) in [6.07, 6.45) is 2.19. The van der Waals surface area contributed by atoms with Gasteiger partial charge in [-0.15, -0.1) is 0 Å². The highest BCUT2D eigenvalue weighted by atomic mass is 15.0. The Bertz CT molecular complexity index is 532. The molecule has 3 rings (SSSR count). The third-order valence-corrected chi connectivity index (χ3v) is 3.98. The Hall–Kier alpha value is -1.60. The van der Waals surface area contributed by atoms with E-state index in [2.05, 4.69) is 66.8 Å². The Labute approximate surface area is 109 Å². The minimum absolute atomic E-state index is 0.0495. The molecule has 1 aliphatic heterocycles. The highest BCUT2D eigenvalue weighted by molar-refractivity contribution is 5.34. The molecular weight excluding hydrogens is 218 g/mol. The van der Waals surface area contributed by atoms with E-state index in [4.69, 9.17) is 0 Å². The number of benzene rings is 2. The van der Waals surface area contributed by atoms with E-state index in [0.29, 0.717) is 0 Å². The predicted octanol–water partition coefficient (Wildman–Crippen LogP) is 3.29. The van der Waals surface area contributed by atoms with Gasteiger partial charge in [0.15, 0.2) is 0 Å². The molecule has 1 nitrogen and oxygen atoms in total. The molecular formula is C17H19N. The van der Waals surface area contributed by atoms with E-state index in [1.165, 1.54) is 16.7 Å². The van der Waals surface area contributed by atoms with Gasteiger partial charge in [0, 0.05) is 12.1 Å². The van der Waals surface area contributed by atoms with Crippen LogP contribution in [0, 0.1) is 0 Å². The molecule has 0 fully saturated rings. The average Bonchev–Trinajstić information content (AvgIpc) is 2.59. The molecule has 1 atom stereocenters. The second kappa shape index (κ2) is 4.58.